The molecule has 1 saturated heterocycles. The lowest BCUT2D eigenvalue weighted by molar-refractivity contribution is 0.0787. The predicted molar refractivity (Wildman–Crippen MR) is 72.2 cm³/mol. The number of methoxy groups -OCH3 is 1. The summed E-state index contributed by atoms with van der Waals surface area (Å²) in [5.41, 5.74) is 0.464. The third kappa shape index (κ3) is 3.89. The van der Waals surface area contributed by atoms with Crippen LogP contribution in [0.2, 0.25) is 0 Å². The molecule has 0 unspecified atom stereocenters. The second-order valence-corrected chi connectivity index (χ2v) is 4.54. The summed E-state index contributed by atoms with van der Waals surface area (Å²) < 4.78 is 4.97. The molecular weight excluding hydrogens is 244 g/mol. The first-order chi connectivity index (χ1) is 9.31. The number of aromatic nitrogens is 2. The van der Waals surface area contributed by atoms with Gasteiger partial charge in [-0.2, -0.15) is 0 Å². The number of ether oxygens (including phenoxy) is 1. The summed E-state index contributed by atoms with van der Waals surface area (Å²) in [5.74, 6) is 0.501. The molecule has 0 spiro atoms. The number of nitrogens with one attached hydrogen (secondary N) is 1. The van der Waals surface area contributed by atoms with Crippen LogP contribution in [0, 0.1) is 0 Å². The third-order valence-corrected chi connectivity index (χ3v) is 3.08. The van der Waals surface area contributed by atoms with Crippen molar-refractivity contribution in [3.63, 3.8) is 0 Å². The van der Waals surface area contributed by atoms with Gasteiger partial charge in [-0.3, -0.25) is 4.79 Å². The average molecular weight is 264 g/mol. The lowest BCUT2D eigenvalue weighted by Crippen LogP contribution is -2.28. The summed E-state index contributed by atoms with van der Waals surface area (Å²) >= 11 is 0. The number of hydrogen-bond donors (Lipinski definition) is 1. The smallest absolute Gasteiger partial charge is 0.272 e. The van der Waals surface area contributed by atoms with Gasteiger partial charge in [0.05, 0.1) is 0 Å². The standard InChI is InChI=1S/C13H20N4O2/c1-19-10-4-6-14-13-15-7-5-11(16-13)12(18)17-8-2-3-9-17/h5,7H,2-4,6,8-10H2,1H3,(H,14,15,16). The van der Waals surface area contributed by atoms with E-state index in [0.717, 1.165) is 38.9 Å². The number of hydrogen-bond acceptors (Lipinski definition) is 5. The highest BCUT2D eigenvalue weighted by molar-refractivity contribution is 5.92. The van der Waals surface area contributed by atoms with E-state index >= 15 is 0 Å². The zero-order valence-electron chi connectivity index (χ0n) is 11.3. The number of carbonyl (C=O) groups is 1. The summed E-state index contributed by atoms with van der Waals surface area (Å²) in [7, 11) is 1.67. The molecule has 0 radical (unpaired) electrons. The van der Waals surface area contributed by atoms with Gasteiger partial charge in [-0.05, 0) is 25.3 Å². The van der Waals surface area contributed by atoms with Gasteiger partial charge in [-0.25, -0.2) is 9.97 Å². The maximum Gasteiger partial charge on any atom is 0.272 e. The fraction of sp³-hybridized carbons (Fsp3) is 0.615. The highest BCUT2D eigenvalue weighted by atomic mass is 16.5. The summed E-state index contributed by atoms with van der Waals surface area (Å²) in [6.07, 6.45) is 4.66. The lowest BCUT2D eigenvalue weighted by atomic mass is 10.3. The first-order valence-electron chi connectivity index (χ1n) is 6.66. The Morgan fingerprint density at radius 2 is 2.26 bits per heavy atom. The number of nitrogens with zero attached hydrogens (tertiary/aromatic N) is 3. The lowest BCUT2D eigenvalue weighted by Gasteiger charge is -2.14. The van der Waals surface area contributed by atoms with Crippen LogP contribution in [-0.4, -0.2) is 54.1 Å². The van der Waals surface area contributed by atoms with Gasteiger partial charge in [0, 0.05) is 39.5 Å². The molecule has 6 nitrogen and oxygen atoms in total. The van der Waals surface area contributed by atoms with Crippen molar-refractivity contribution in [2.45, 2.75) is 19.3 Å². The van der Waals surface area contributed by atoms with E-state index in [1.807, 2.05) is 4.90 Å². The Bertz CT molecular complexity index is 419. The van der Waals surface area contributed by atoms with Crippen LogP contribution >= 0.6 is 0 Å². The molecule has 1 N–H and O–H groups in total. The zero-order chi connectivity index (χ0) is 13.5. The van der Waals surface area contributed by atoms with Crippen molar-refractivity contribution in [1.82, 2.24) is 14.9 Å². The van der Waals surface area contributed by atoms with Crippen molar-refractivity contribution >= 4 is 11.9 Å². The molecule has 1 aliphatic heterocycles. The van der Waals surface area contributed by atoms with Gasteiger partial charge in [-0.15, -0.1) is 0 Å². The summed E-state index contributed by atoms with van der Waals surface area (Å²) in [6.45, 7) is 3.09. The third-order valence-electron chi connectivity index (χ3n) is 3.08. The summed E-state index contributed by atoms with van der Waals surface area (Å²) in [4.78, 5) is 22.4. The van der Waals surface area contributed by atoms with Crippen LogP contribution in [0.4, 0.5) is 5.95 Å². The van der Waals surface area contributed by atoms with E-state index in [-0.39, 0.29) is 5.91 Å². The van der Waals surface area contributed by atoms with Crippen LogP contribution in [0.1, 0.15) is 29.8 Å². The molecule has 1 amide bonds. The molecule has 19 heavy (non-hydrogen) atoms. The van der Waals surface area contributed by atoms with Crippen molar-refractivity contribution in [1.29, 1.82) is 0 Å². The Morgan fingerprint density at radius 1 is 1.47 bits per heavy atom. The number of amides is 1. The molecule has 1 aliphatic rings. The minimum absolute atomic E-state index is 0.000147. The van der Waals surface area contributed by atoms with Crippen molar-refractivity contribution in [3.8, 4) is 0 Å². The molecule has 0 saturated carbocycles. The molecule has 0 bridgehead atoms. The molecular formula is C13H20N4O2. The minimum atomic E-state index is -0.000147. The van der Waals surface area contributed by atoms with Crippen LogP contribution < -0.4 is 5.32 Å². The molecule has 0 atom stereocenters. The topological polar surface area (TPSA) is 67.3 Å². The SMILES string of the molecule is COCCCNc1nccc(C(=O)N2CCCC2)n1. The Morgan fingerprint density at radius 3 is 3.00 bits per heavy atom. The van der Waals surface area contributed by atoms with Gasteiger partial charge in [0.15, 0.2) is 0 Å². The number of rotatable bonds is 6. The van der Waals surface area contributed by atoms with E-state index in [1.165, 1.54) is 0 Å². The Balaban J connectivity index is 1.92. The van der Waals surface area contributed by atoms with Gasteiger partial charge in [0.1, 0.15) is 5.69 Å². The van der Waals surface area contributed by atoms with E-state index in [4.69, 9.17) is 4.74 Å². The van der Waals surface area contributed by atoms with Gasteiger partial charge >= 0.3 is 0 Å². The van der Waals surface area contributed by atoms with Crippen LogP contribution in [-0.2, 0) is 4.74 Å². The molecule has 1 fully saturated rings. The highest BCUT2D eigenvalue weighted by Crippen LogP contribution is 2.12. The predicted octanol–water partition coefficient (Wildman–Crippen LogP) is 1.16. The fourth-order valence-electron chi connectivity index (χ4n) is 2.06. The first kappa shape index (κ1) is 13.7. The maximum absolute atomic E-state index is 12.2. The van der Waals surface area contributed by atoms with Crippen LogP contribution in [0.25, 0.3) is 0 Å². The molecule has 0 aliphatic carbocycles. The Labute approximate surface area is 113 Å². The number of anilines is 1. The molecule has 2 heterocycles. The quantitative estimate of drug-likeness (QED) is 0.781. The largest absolute Gasteiger partial charge is 0.385 e. The van der Waals surface area contributed by atoms with E-state index < -0.39 is 0 Å². The van der Waals surface area contributed by atoms with Crippen molar-refractivity contribution in [3.05, 3.63) is 18.0 Å². The maximum atomic E-state index is 12.2. The molecule has 0 aromatic carbocycles. The summed E-state index contributed by atoms with van der Waals surface area (Å²) in [6, 6.07) is 1.67. The van der Waals surface area contributed by atoms with Crippen LogP contribution in [0.15, 0.2) is 12.3 Å². The molecule has 2 rings (SSSR count). The number of carbonyl (C=O) groups excluding carboxylic acids is 1. The van der Waals surface area contributed by atoms with Crippen LogP contribution in [0.5, 0.6) is 0 Å². The van der Waals surface area contributed by atoms with Crippen molar-refractivity contribution < 1.29 is 9.53 Å². The minimum Gasteiger partial charge on any atom is -0.385 e. The Hall–Kier alpha value is -1.69. The van der Waals surface area contributed by atoms with Gasteiger partial charge in [0.2, 0.25) is 5.95 Å². The summed E-state index contributed by atoms with van der Waals surface area (Å²) in [5, 5.41) is 3.09. The van der Waals surface area contributed by atoms with Crippen molar-refractivity contribution in [2.75, 3.05) is 38.7 Å². The van der Waals surface area contributed by atoms with E-state index in [2.05, 4.69) is 15.3 Å². The fourth-order valence-corrected chi connectivity index (χ4v) is 2.06. The number of likely N-dealkylation sites (tertiary alicyclic amines) is 1. The Kier molecular flexibility index (Phi) is 5.09. The normalized spacial score (nSPS) is 14.7. The van der Waals surface area contributed by atoms with Gasteiger partial charge in [0.25, 0.3) is 5.91 Å². The second-order valence-electron chi connectivity index (χ2n) is 4.54. The van der Waals surface area contributed by atoms with E-state index in [1.54, 1.807) is 19.4 Å². The first-order valence-corrected chi connectivity index (χ1v) is 6.66. The average Bonchev–Trinajstić information content (AvgIpc) is 2.97. The molecule has 1 aromatic rings. The molecule has 1 aromatic heterocycles. The highest BCUT2D eigenvalue weighted by Gasteiger charge is 2.20. The zero-order valence-corrected chi connectivity index (χ0v) is 11.3. The second kappa shape index (κ2) is 7.04. The van der Waals surface area contributed by atoms with E-state index in [9.17, 15) is 4.79 Å². The van der Waals surface area contributed by atoms with Crippen LogP contribution in [0.3, 0.4) is 0 Å². The van der Waals surface area contributed by atoms with Gasteiger partial charge in [-0.1, -0.05) is 0 Å². The molecule has 6 heteroatoms. The van der Waals surface area contributed by atoms with Gasteiger partial charge < -0.3 is 15.0 Å². The van der Waals surface area contributed by atoms with E-state index in [0.29, 0.717) is 18.2 Å². The monoisotopic (exact) mass is 264 g/mol. The van der Waals surface area contributed by atoms with Crippen molar-refractivity contribution in [2.24, 2.45) is 0 Å². The molecule has 104 valence electrons.